The topological polar surface area (TPSA) is 69.7 Å². The molecule has 0 spiro atoms. The minimum absolute atomic E-state index is 0.00824. The molecule has 172 valence electrons. The third-order valence-electron chi connectivity index (χ3n) is 6.37. The van der Waals surface area contributed by atoms with Gasteiger partial charge in [0.05, 0.1) is 10.9 Å². The Balaban J connectivity index is 1.44. The highest BCUT2D eigenvalue weighted by Gasteiger charge is 2.27. The van der Waals surface area contributed by atoms with E-state index in [-0.39, 0.29) is 16.8 Å². The third-order valence-corrected chi connectivity index (χ3v) is 8.63. The molecule has 2 aliphatic rings. The van der Waals surface area contributed by atoms with Gasteiger partial charge in [-0.05, 0) is 74.7 Å². The van der Waals surface area contributed by atoms with Crippen molar-refractivity contribution in [3.05, 3.63) is 64.7 Å². The molecule has 2 fully saturated rings. The molecule has 1 N–H and O–H groups in total. The number of hydrogen-bond acceptors (Lipinski definition) is 4. The molecule has 1 amide bonds. The Hall–Kier alpha value is -1.93. The van der Waals surface area contributed by atoms with Crippen LogP contribution in [0.15, 0.2) is 53.4 Å². The van der Waals surface area contributed by atoms with Crippen LogP contribution in [-0.4, -0.2) is 56.3 Å². The number of benzene rings is 2. The number of likely N-dealkylation sites (tertiary alicyclic amines) is 1. The zero-order valence-corrected chi connectivity index (χ0v) is 19.7. The predicted molar refractivity (Wildman–Crippen MR) is 126 cm³/mol. The number of carbonyl (C=O) groups excluding carboxylic acids is 1. The lowest BCUT2D eigenvalue weighted by atomic mass is 10.0. The van der Waals surface area contributed by atoms with Crippen molar-refractivity contribution in [1.82, 2.24) is 14.5 Å². The van der Waals surface area contributed by atoms with Crippen LogP contribution in [0.3, 0.4) is 0 Å². The molecule has 32 heavy (non-hydrogen) atoms. The first-order valence-corrected chi connectivity index (χ1v) is 13.2. The summed E-state index contributed by atoms with van der Waals surface area (Å²) in [5.41, 5.74) is 1.46. The Morgan fingerprint density at radius 3 is 2.19 bits per heavy atom. The van der Waals surface area contributed by atoms with Crippen LogP contribution in [0.2, 0.25) is 5.02 Å². The maximum absolute atomic E-state index is 12.8. The van der Waals surface area contributed by atoms with E-state index in [4.69, 9.17) is 11.6 Å². The van der Waals surface area contributed by atoms with Crippen LogP contribution >= 0.6 is 11.6 Å². The van der Waals surface area contributed by atoms with Gasteiger partial charge in [-0.25, -0.2) is 8.42 Å². The lowest BCUT2D eigenvalue weighted by Crippen LogP contribution is -2.37. The van der Waals surface area contributed by atoms with E-state index >= 15 is 0 Å². The lowest BCUT2D eigenvalue weighted by molar-refractivity contribution is 0.0938. The van der Waals surface area contributed by atoms with Crippen molar-refractivity contribution in [3.8, 4) is 0 Å². The molecule has 2 aromatic carbocycles. The van der Waals surface area contributed by atoms with E-state index in [1.807, 2.05) is 24.3 Å². The van der Waals surface area contributed by atoms with E-state index < -0.39 is 10.0 Å². The van der Waals surface area contributed by atoms with Gasteiger partial charge in [0.1, 0.15) is 0 Å². The van der Waals surface area contributed by atoms with E-state index in [9.17, 15) is 13.2 Å². The van der Waals surface area contributed by atoms with Gasteiger partial charge in [0.25, 0.3) is 5.91 Å². The summed E-state index contributed by atoms with van der Waals surface area (Å²) in [4.78, 5) is 15.4. The van der Waals surface area contributed by atoms with Gasteiger partial charge in [0, 0.05) is 30.2 Å². The highest BCUT2D eigenvalue weighted by molar-refractivity contribution is 7.89. The summed E-state index contributed by atoms with van der Waals surface area (Å²) in [5.74, 6) is -0.219. The molecule has 2 heterocycles. The number of halogens is 1. The standard InChI is InChI=1S/C24H30ClN3O3S/c25-22-9-3-2-8-21(22)23(27-14-6-7-15-27)18-26-24(29)19-10-12-20(13-11-19)32(30,31)28-16-4-1-5-17-28/h2-3,8-13,23H,1,4-7,14-18H2,(H,26,29)/t23-/m1/s1. The summed E-state index contributed by atoms with van der Waals surface area (Å²) in [6.45, 7) is 3.52. The minimum atomic E-state index is -3.50. The molecule has 6 nitrogen and oxygen atoms in total. The van der Waals surface area contributed by atoms with Crippen molar-refractivity contribution in [2.45, 2.75) is 43.0 Å². The summed E-state index contributed by atoms with van der Waals surface area (Å²) >= 11 is 6.45. The number of carbonyl (C=O) groups is 1. The van der Waals surface area contributed by atoms with Crippen LogP contribution in [-0.2, 0) is 10.0 Å². The van der Waals surface area contributed by atoms with Crippen molar-refractivity contribution in [1.29, 1.82) is 0 Å². The number of nitrogens with one attached hydrogen (secondary N) is 1. The maximum Gasteiger partial charge on any atom is 0.251 e. The normalized spacial score (nSPS) is 19.0. The van der Waals surface area contributed by atoms with E-state index in [2.05, 4.69) is 10.2 Å². The van der Waals surface area contributed by atoms with E-state index in [1.54, 1.807) is 12.1 Å². The van der Waals surface area contributed by atoms with Gasteiger partial charge in [-0.3, -0.25) is 9.69 Å². The molecule has 8 heteroatoms. The number of nitrogens with zero attached hydrogens (tertiary/aromatic N) is 2. The largest absolute Gasteiger partial charge is 0.350 e. The highest BCUT2D eigenvalue weighted by atomic mass is 35.5. The molecule has 0 aliphatic carbocycles. The van der Waals surface area contributed by atoms with Crippen LogP contribution in [0.4, 0.5) is 0 Å². The van der Waals surface area contributed by atoms with Crippen LogP contribution < -0.4 is 5.32 Å². The summed E-state index contributed by atoms with van der Waals surface area (Å²) in [6.07, 6.45) is 5.13. The average Bonchev–Trinajstić information content (AvgIpc) is 3.35. The van der Waals surface area contributed by atoms with E-state index in [1.165, 1.54) is 16.4 Å². The smallest absolute Gasteiger partial charge is 0.251 e. The first-order valence-electron chi connectivity index (χ1n) is 11.3. The van der Waals surface area contributed by atoms with Gasteiger partial charge in [0.2, 0.25) is 10.0 Å². The Kier molecular flexibility index (Phi) is 7.51. The van der Waals surface area contributed by atoms with Crippen molar-refractivity contribution < 1.29 is 13.2 Å². The second kappa shape index (κ2) is 10.3. The SMILES string of the molecule is O=C(NC[C@H](c1ccccc1Cl)N1CCCC1)c1ccc(S(=O)(=O)N2CCCCC2)cc1. The van der Waals surface area contributed by atoms with Crippen molar-refractivity contribution >= 4 is 27.5 Å². The first-order chi connectivity index (χ1) is 15.5. The summed E-state index contributed by atoms with van der Waals surface area (Å²) in [7, 11) is -3.50. The predicted octanol–water partition coefficient (Wildman–Crippen LogP) is 4.08. The summed E-state index contributed by atoms with van der Waals surface area (Å²) in [5, 5.41) is 3.72. The summed E-state index contributed by atoms with van der Waals surface area (Å²) in [6, 6.07) is 14.0. The Morgan fingerprint density at radius 1 is 0.906 bits per heavy atom. The molecule has 1 atom stereocenters. The quantitative estimate of drug-likeness (QED) is 0.655. The first kappa shape index (κ1) is 23.2. The monoisotopic (exact) mass is 475 g/mol. The maximum atomic E-state index is 12.8. The van der Waals surface area contributed by atoms with E-state index in [0.29, 0.717) is 30.2 Å². The second-order valence-corrected chi connectivity index (χ2v) is 10.8. The molecule has 0 unspecified atom stereocenters. The zero-order chi connectivity index (χ0) is 22.6. The van der Waals surface area contributed by atoms with Gasteiger partial charge in [0.15, 0.2) is 0 Å². The number of sulfonamides is 1. The zero-order valence-electron chi connectivity index (χ0n) is 18.2. The number of rotatable bonds is 7. The van der Waals surface area contributed by atoms with E-state index in [0.717, 1.165) is 50.8 Å². The van der Waals surface area contributed by atoms with Crippen molar-refractivity contribution in [3.63, 3.8) is 0 Å². The number of hydrogen-bond donors (Lipinski definition) is 1. The lowest BCUT2D eigenvalue weighted by Gasteiger charge is -2.29. The average molecular weight is 476 g/mol. The van der Waals surface area contributed by atoms with Crippen molar-refractivity contribution in [2.24, 2.45) is 0 Å². The number of amides is 1. The molecule has 0 aromatic heterocycles. The fraction of sp³-hybridized carbons (Fsp3) is 0.458. The molecule has 0 radical (unpaired) electrons. The molecule has 4 rings (SSSR count). The van der Waals surface area contributed by atoms with Gasteiger partial charge in [-0.2, -0.15) is 4.31 Å². The fourth-order valence-electron chi connectivity index (χ4n) is 4.56. The van der Waals surface area contributed by atoms with Crippen LogP contribution in [0.25, 0.3) is 0 Å². The fourth-order valence-corrected chi connectivity index (χ4v) is 6.34. The summed E-state index contributed by atoms with van der Waals surface area (Å²) < 4.78 is 27.2. The van der Waals surface area contributed by atoms with Gasteiger partial charge in [-0.15, -0.1) is 0 Å². The van der Waals surface area contributed by atoms with Crippen LogP contribution in [0.1, 0.15) is 54.1 Å². The van der Waals surface area contributed by atoms with Gasteiger partial charge >= 0.3 is 0 Å². The second-order valence-electron chi connectivity index (χ2n) is 8.48. The Bertz CT molecular complexity index is 1030. The Labute approximate surface area is 195 Å². The molecular formula is C24H30ClN3O3S. The Morgan fingerprint density at radius 2 is 1.53 bits per heavy atom. The van der Waals surface area contributed by atoms with Crippen molar-refractivity contribution in [2.75, 3.05) is 32.7 Å². The molecule has 2 saturated heterocycles. The van der Waals surface area contributed by atoms with Crippen LogP contribution in [0, 0.1) is 0 Å². The molecule has 2 aromatic rings. The molecule has 0 saturated carbocycles. The van der Waals surface area contributed by atoms with Crippen LogP contribution in [0.5, 0.6) is 0 Å². The minimum Gasteiger partial charge on any atom is -0.350 e. The number of piperidine rings is 1. The third kappa shape index (κ3) is 5.17. The highest BCUT2D eigenvalue weighted by Crippen LogP contribution is 2.30. The van der Waals surface area contributed by atoms with Gasteiger partial charge in [-0.1, -0.05) is 36.2 Å². The van der Waals surface area contributed by atoms with Gasteiger partial charge < -0.3 is 5.32 Å². The molecule has 0 bridgehead atoms. The molecular weight excluding hydrogens is 446 g/mol. The molecule has 2 aliphatic heterocycles.